The highest BCUT2D eigenvalue weighted by atomic mass is 16.5. The molecule has 2 unspecified atom stereocenters. The average Bonchev–Trinajstić information content (AvgIpc) is 2.74. The van der Waals surface area contributed by atoms with Crippen molar-refractivity contribution >= 4 is 11.6 Å². The highest BCUT2D eigenvalue weighted by Gasteiger charge is 2.25. The maximum Gasteiger partial charge on any atom is 0.250 e. The van der Waals surface area contributed by atoms with Gasteiger partial charge in [-0.25, -0.2) is 0 Å². The molecule has 4 heteroatoms. The summed E-state index contributed by atoms with van der Waals surface area (Å²) in [5.74, 6) is -0.129. The van der Waals surface area contributed by atoms with Gasteiger partial charge in [0.2, 0.25) is 5.91 Å². The smallest absolute Gasteiger partial charge is 0.250 e. The van der Waals surface area contributed by atoms with Crippen LogP contribution in [0.2, 0.25) is 0 Å². The number of rotatable bonds is 4. The molecule has 1 aliphatic carbocycles. The van der Waals surface area contributed by atoms with Gasteiger partial charge in [-0.2, -0.15) is 0 Å². The Kier molecular flexibility index (Phi) is 4.12. The van der Waals surface area contributed by atoms with Gasteiger partial charge in [0.1, 0.15) is 6.61 Å². The van der Waals surface area contributed by atoms with Gasteiger partial charge in [0.15, 0.2) is 0 Å². The van der Waals surface area contributed by atoms with Crippen molar-refractivity contribution in [1.82, 2.24) is 0 Å². The Bertz CT molecular complexity index is 367. The molecule has 0 saturated heterocycles. The lowest BCUT2D eigenvalue weighted by Crippen LogP contribution is -2.33. The lowest BCUT2D eigenvalue weighted by molar-refractivity contribution is -0.122. The van der Waals surface area contributed by atoms with E-state index in [-0.39, 0.29) is 24.7 Å². The predicted molar refractivity (Wildman–Crippen MR) is 66.6 cm³/mol. The summed E-state index contributed by atoms with van der Waals surface area (Å²) in [5.41, 5.74) is 6.65. The molecule has 17 heavy (non-hydrogen) atoms. The second-order valence-corrected chi connectivity index (χ2v) is 4.36. The number of nitrogens with two attached hydrogens (primary N) is 1. The van der Waals surface area contributed by atoms with Crippen molar-refractivity contribution in [3.63, 3.8) is 0 Å². The van der Waals surface area contributed by atoms with Crippen LogP contribution in [0.1, 0.15) is 19.3 Å². The van der Waals surface area contributed by atoms with Crippen LogP contribution < -0.4 is 11.1 Å². The first kappa shape index (κ1) is 12.1. The molecule has 3 N–H and O–H groups in total. The van der Waals surface area contributed by atoms with E-state index in [1.807, 2.05) is 30.3 Å². The van der Waals surface area contributed by atoms with Crippen molar-refractivity contribution < 1.29 is 9.53 Å². The molecule has 0 spiro atoms. The van der Waals surface area contributed by atoms with Crippen molar-refractivity contribution in [2.24, 2.45) is 5.73 Å². The fraction of sp³-hybridized carbons (Fsp3) is 0.462. The lowest BCUT2D eigenvalue weighted by Gasteiger charge is -2.15. The predicted octanol–water partition coefficient (Wildman–Crippen LogP) is 1.52. The summed E-state index contributed by atoms with van der Waals surface area (Å²) in [6.45, 7) is 0.0766. The number of hydrogen-bond acceptors (Lipinski definition) is 3. The van der Waals surface area contributed by atoms with E-state index in [2.05, 4.69) is 5.32 Å². The van der Waals surface area contributed by atoms with Crippen LogP contribution >= 0.6 is 0 Å². The molecule has 1 aromatic carbocycles. The summed E-state index contributed by atoms with van der Waals surface area (Å²) >= 11 is 0. The monoisotopic (exact) mass is 234 g/mol. The van der Waals surface area contributed by atoms with E-state index in [1.54, 1.807) is 0 Å². The SMILES string of the molecule is NC1CCCC1OCC(=O)Nc1ccccc1. The maximum absolute atomic E-state index is 11.6. The number of hydrogen-bond donors (Lipinski definition) is 2. The van der Waals surface area contributed by atoms with Crippen LogP contribution in [0.5, 0.6) is 0 Å². The fourth-order valence-electron chi connectivity index (χ4n) is 2.06. The topological polar surface area (TPSA) is 64.3 Å². The van der Waals surface area contributed by atoms with E-state index in [1.165, 1.54) is 0 Å². The van der Waals surface area contributed by atoms with Gasteiger partial charge < -0.3 is 15.8 Å². The third-order valence-corrected chi connectivity index (χ3v) is 2.99. The van der Waals surface area contributed by atoms with Crippen molar-refractivity contribution in [3.05, 3.63) is 30.3 Å². The molecule has 0 aliphatic heterocycles. The third kappa shape index (κ3) is 3.54. The second-order valence-electron chi connectivity index (χ2n) is 4.36. The zero-order valence-electron chi connectivity index (χ0n) is 9.76. The van der Waals surface area contributed by atoms with Gasteiger partial charge in [0.25, 0.3) is 0 Å². The van der Waals surface area contributed by atoms with E-state index in [4.69, 9.17) is 10.5 Å². The molecule has 2 rings (SSSR count). The quantitative estimate of drug-likeness (QED) is 0.830. The van der Waals surface area contributed by atoms with E-state index in [0.29, 0.717) is 0 Å². The third-order valence-electron chi connectivity index (χ3n) is 2.99. The molecule has 0 heterocycles. The minimum atomic E-state index is -0.129. The summed E-state index contributed by atoms with van der Waals surface area (Å²) in [6.07, 6.45) is 3.08. The van der Waals surface area contributed by atoms with Gasteiger partial charge >= 0.3 is 0 Å². The fourth-order valence-corrected chi connectivity index (χ4v) is 2.06. The Morgan fingerprint density at radius 1 is 1.35 bits per heavy atom. The summed E-state index contributed by atoms with van der Waals surface area (Å²) < 4.78 is 5.51. The number of amides is 1. The summed E-state index contributed by atoms with van der Waals surface area (Å²) in [4.78, 5) is 11.6. The number of carbonyl (C=O) groups excluding carboxylic acids is 1. The van der Waals surface area contributed by atoms with E-state index in [0.717, 1.165) is 24.9 Å². The maximum atomic E-state index is 11.6. The second kappa shape index (κ2) is 5.80. The number of para-hydroxylation sites is 1. The van der Waals surface area contributed by atoms with Crippen LogP contribution in [0.3, 0.4) is 0 Å². The molecule has 1 aromatic rings. The summed E-state index contributed by atoms with van der Waals surface area (Å²) in [5, 5.41) is 2.78. The lowest BCUT2D eigenvalue weighted by atomic mass is 10.2. The minimum Gasteiger partial charge on any atom is -0.367 e. The van der Waals surface area contributed by atoms with E-state index >= 15 is 0 Å². The van der Waals surface area contributed by atoms with Crippen LogP contribution in [0, 0.1) is 0 Å². The Morgan fingerprint density at radius 2 is 2.12 bits per heavy atom. The van der Waals surface area contributed by atoms with Crippen molar-refractivity contribution in [2.45, 2.75) is 31.4 Å². The van der Waals surface area contributed by atoms with Gasteiger partial charge in [0, 0.05) is 11.7 Å². The number of nitrogens with one attached hydrogen (secondary N) is 1. The number of anilines is 1. The molecular formula is C13H18N2O2. The normalized spacial score (nSPS) is 23.6. The number of carbonyl (C=O) groups is 1. The zero-order valence-corrected chi connectivity index (χ0v) is 9.76. The highest BCUT2D eigenvalue weighted by Crippen LogP contribution is 2.20. The zero-order chi connectivity index (χ0) is 12.1. The van der Waals surface area contributed by atoms with Crippen LogP contribution in [0.25, 0.3) is 0 Å². The van der Waals surface area contributed by atoms with Gasteiger partial charge in [-0.3, -0.25) is 4.79 Å². The standard InChI is InChI=1S/C13H18N2O2/c14-11-7-4-8-12(11)17-9-13(16)15-10-5-2-1-3-6-10/h1-3,5-6,11-12H,4,7-9,14H2,(H,15,16). The van der Waals surface area contributed by atoms with E-state index in [9.17, 15) is 4.79 Å². The molecule has 1 saturated carbocycles. The van der Waals surface area contributed by atoms with Crippen molar-refractivity contribution in [2.75, 3.05) is 11.9 Å². The summed E-state index contributed by atoms with van der Waals surface area (Å²) in [7, 11) is 0. The Morgan fingerprint density at radius 3 is 2.76 bits per heavy atom. The number of ether oxygens (including phenoxy) is 1. The molecular weight excluding hydrogens is 216 g/mol. The highest BCUT2D eigenvalue weighted by molar-refractivity contribution is 5.91. The van der Waals surface area contributed by atoms with Crippen LogP contribution in [0.15, 0.2) is 30.3 Å². The number of benzene rings is 1. The van der Waals surface area contributed by atoms with Crippen LogP contribution in [-0.4, -0.2) is 24.7 Å². The molecule has 0 aromatic heterocycles. The van der Waals surface area contributed by atoms with Gasteiger partial charge in [-0.1, -0.05) is 18.2 Å². The Balaban J connectivity index is 1.74. The van der Waals surface area contributed by atoms with Gasteiger partial charge in [-0.05, 0) is 31.4 Å². The molecule has 4 nitrogen and oxygen atoms in total. The van der Waals surface area contributed by atoms with Gasteiger partial charge in [-0.15, -0.1) is 0 Å². The molecule has 0 radical (unpaired) electrons. The molecule has 1 fully saturated rings. The van der Waals surface area contributed by atoms with Crippen LogP contribution in [-0.2, 0) is 9.53 Å². The first-order chi connectivity index (χ1) is 8.25. The molecule has 92 valence electrons. The Labute approximate surface area is 101 Å². The Hall–Kier alpha value is -1.39. The molecule has 1 amide bonds. The molecule has 1 aliphatic rings. The summed E-state index contributed by atoms with van der Waals surface area (Å²) in [6, 6.07) is 9.44. The van der Waals surface area contributed by atoms with Crippen LogP contribution in [0.4, 0.5) is 5.69 Å². The first-order valence-electron chi connectivity index (χ1n) is 5.98. The van der Waals surface area contributed by atoms with Crippen molar-refractivity contribution in [1.29, 1.82) is 0 Å². The largest absolute Gasteiger partial charge is 0.367 e. The minimum absolute atomic E-state index is 0.0384. The van der Waals surface area contributed by atoms with Crippen molar-refractivity contribution in [3.8, 4) is 0 Å². The molecule has 2 atom stereocenters. The van der Waals surface area contributed by atoms with E-state index < -0.39 is 0 Å². The molecule has 0 bridgehead atoms. The first-order valence-corrected chi connectivity index (χ1v) is 5.98. The average molecular weight is 234 g/mol. The van der Waals surface area contributed by atoms with Gasteiger partial charge in [0.05, 0.1) is 6.10 Å².